The molecule has 0 radical (unpaired) electrons. The Morgan fingerprint density at radius 1 is 1.00 bits per heavy atom. The zero-order valence-corrected chi connectivity index (χ0v) is 14.8. The first kappa shape index (κ1) is 16.5. The van der Waals surface area contributed by atoms with Crippen LogP contribution in [-0.4, -0.2) is 11.7 Å². The number of fused-ring (bicyclic) bond motifs is 1. The largest absolute Gasteiger partial charge is 0.497 e. The van der Waals surface area contributed by atoms with Gasteiger partial charge in [-0.2, -0.15) is 0 Å². The molecule has 1 N–H and O–H groups in total. The molecule has 4 rings (SSSR count). The second-order valence-corrected chi connectivity index (χ2v) is 6.33. The number of nitrogens with zero attached hydrogens (tertiary/aromatic N) is 1. The highest BCUT2D eigenvalue weighted by Crippen LogP contribution is 2.27. The van der Waals surface area contributed by atoms with Crippen LogP contribution >= 0.6 is 0 Å². The Balaban J connectivity index is 1.62. The number of benzene rings is 2. The molecular weight excluding hydrogens is 324 g/mol. The van der Waals surface area contributed by atoms with E-state index in [4.69, 9.17) is 9.15 Å². The Morgan fingerprint density at radius 2 is 1.88 bits per heavy atom. The van der Waals surface area contributed by atoms with Crippen LogP contribution in [-0.2, 0) is 19.6 Å². The molecule has 4 aromatic rings. The summed E-state index contributed by atoms with van der Waals surface area (Å²) in [5.74, 6) is 1.82. The lowest BCUT2D eigenvalue weighted by molar-refractivity contribution is 0.415. The molecule has 0 amide bonds. The van der Waals surface area contributed by atoms with Crippen molar-refractivity contribution in [2.75, 3.05) is 7.11 Å². The maximum absolute atomic E-state index is 5.42. The minimum absolute atomic E-state index is 0.711. The van der Waals surface area contributed by atoms with Crippen LogP contribution in [0.2, 0.25) is 0 Å². The molecule has 4 nitrogen and oxygen atoms in total. The van der Waals surface area contributed by atoms with Gasteiger partial charge >= 0.3 is 0 Å². The summed E-state index contributed by atoms with van der Waals surface area (Å²) in [5, 5.41) is 4.68. The molecule has 26 heavy (non-hydrogen) atoms. The monoisotopic (exact) mass is 346 g/mol. The Kier molecular flexibility index (Phi) is 4.75. The first-order valence-corrected chi connectivity index (χ1v) is 8.76. The summed E-state index contributed by atoms with van der Waals surface area (Å²) in [6, 6.07) is 20.7. The topological polar surface area (TPSA) is 39.3 Å². The zero-order valence-electron chi connectivity index (χ0n) is 14.8. The van der Waals surface area contributed by atoms with Gasteiger partial charge in [0.25, 0.3) is 0 Å². The smallest absolute Gasteiger partial charge is 0.119 e. The predicted octanol–water partition coefficient (Wildman–Crippen LogP) is 4.58. The van der Waals surface area contributed by atoms with Crippen molar-refractivity contribution in [3.05, 3.63) is 90.0 Å². The lowest BCUT2D eigenvalue weighted by Crippen LogP contribution is -2.11. The average molecular weight is 346 g/mol. The van der Waals surface area contributed by atoms with Gasteiger partial charge in [0.2, 0.25) is 0 Å². The molecule has 4 heteroatoms. The third-order valence-electron chi connectivity index (χ3n) is 4.56. The van der Waals surface area contributed by atoms with Crippen molar-refractivity contribution in [2.45, 2.75) is 19.6 Å². The Bertz CT molecular complexity index is 972. The van der Waals surface area contributed by atoms with Crippen molar-refractivity contribution in [3.8, 4) is 5.75 Å². The third kappa shape index (κ3) is 3.51. The minimum atomic E-state index is 0.711. The summed E-state index contributed by atoms with van der Waals surface area (Å²) in [6.45, 7) is 2.33. The van der Waals surface area contributed by atoms with E-state index in [-0.39, 0.29) is 0 Å². The van der Waals surface area contributed by atoms with E-state index in [0.717, 1.165) is 24.6 Å². The van der Waals surface area contributed by atoms with Gasteiger partial charge in [-0.1, -0.05) is 30.3 Å². The fourth-order valence-corrected chi connectivity index (χ4v) is 3.26. The second-order valence-electron chi connectivity index (χ2n) is 6.33. The van der Waals surface area contributed by atoms with Crippen molar-refractivity contribution >= 4 is 10.9 Å². The maximum Gasteiger partial charge on any atom is 0.119 e. The normalized spacial score (nSPS) is 11.1. The van der Waals surface area contributed by atoms with Gasteiger partial charge in [-0.3, -0.25) is 0 Å². The molecule has 0 saturated carbocycles. The molecule has 2 aromatic carbocycles. The van der Waals surface area contributed by atoms with Crippen molar-refractivity contribution in [3.63, 3.8) is 0 Å². The van der Waals surface area contributed by atoms with E-state index in [1.54, 1.807) is 13.4 Å². The lowest BCUT2D eigenvalue weighted by Gasteiger charge is -2.06. The Hall–Kier alpha value is -2.98. The van der Waals surface area contributed by atoms with Crippen LogP contribution < -0.4 is 10.1 Å². The summed E-state index contributed by atoms with van der Waals surface area (Å²) in [6.07, 6.45) is 3.93. The standard InChI is InChI=1S/C22H22N2O2/c1-25-19-9-10-22-21(12-19)18(13-23-14-20-8-5-11-26-20)16-24(22)15-17-6-3-2-4-7-17/h2-12,16,23H,13-15H2,1H3. The summed E-state index contributed by atoms with van der Waals surface area (Å²) >= 11 is 0. The van der Waals surface area contributed by atoms with Crippen molar-refractivity contribution in [2.24, 2.45) is 0 Å². The quantitative estimate of drug-likeness (QED) is 0.532. The molecule has 0 saturated heterocycles. The van der Waals surface area contributed by atoms with Gasteiger partial charge < -0.3 is 19.0 Å². The number of nitrogens with one attached hydrogen (secondary N) is 1. The Labute approximate surface area is 153 Å². The minimum Gasteiger partial charge on any atom is -0.497 e. The number of furan rings is 1. The van der Waals surface area contributed by atoms with E-state index in [9.17, 15) is 0 Å². The molecule has 0 aliphatic carbocycles. The number of ether oxygens (including phenoxy) is 1. The first-order valence-electron chi connectivity index (χ1n) is 8.76. The SMILES string of the molecule is COc1ccc2c(c1)c(CNCc1ccco1)cn2Cc1ccccc1. The summed E-state index contributed by atoms with van der Waals surface area (Å²) < 4.78 is 13.1. The van der Waals surface area contributed by atoms with Crippen molar-refractivity contribution < 1.29 is 9.15 Å². The van der Waals surface area contributed by atoms with Gasteiger partial charge in [-0.25, -0.2) is 0 Å². The van der Waals surface area contributed by atoms with Gasteiger partial charge in [-0.05, 0) is 41.5 Å². The van der Waals surface area contributed by atoms with Crippen LogP contribution in [0.25, 0.3) is 10.9 Å². The molecule has 0 aliphatic heterocycles. The predicted molar refractivity (Wildman–Crippen MR) is 103 cm³/mol. The highest BCUT2D eigenvalue weighted by Gasteiger charge is 2.10. The van der Waals surface area contributed by atoms with Crippen LogP contribution in [0.3, 0.4) is 0 Å². The molecule has 0 fully saturated rings. The number of methoxy groups -OCH3 is 1. The maximum atomic E-state index is 5.42. The van der Waals surface area contributed by atoms with Crippen LogP contribution in [0.1, 0.15) is 16.9 Å². The number of hydrogen-bond acceptors (Lipinski definition) is 3. The summed E-state index contributed by atoms with van der Waals surface area (Å²) in [5.41, 5.74) is 3.75. The van der Waals surface area contributed by atoms with Crippen molar-refractivity contribution in [1.29, 1.82) is 0 Å². The molecule has 0 unspecified atom stereocenters. The molecular formula is C22H22N2O2. The third-order valence-corrected chi connectivity index (χ3v) is 4.56. The van der Waals surface area contributed by atoms with Gasteiger partial charge in [0.1, 0.15) is 11.5 Å². The van der Waals surface area contributed by atoms with Crippen LogP contribution in [0.5, 0.6) is 5.75 Å². The molecule has 2 aromatic heterocycles. The lowest BCUT2D eigenvalue weighted by atomic mass is 10.1. The molecule has 2 heterocycles. The molecule has 0 atom stereocenters. The van der Waals surface area contributed by atoms with E-state index in [1.807, 2.05) is 24.3 Å². The van der Waals surface area contributed by atoms with Gasteiger partial charge in [0.05, 0.1) is 19.9 Å². The fraction of sp³-hybridized carbons (Fsp3) is 0.182. The zero-order chi connectivity index (χ0) is 17.8. The summed E-state index contributed by atoms with van der Waals surface area (Å²) in [4.78, 5) is 0. The first-order chi connectivity index (χ1) is 12.8. The van der Waals surface area contributed by atoms with Gasteiger partial charge in [0.15, 0.2) is 0 Å². The fourth-order valence-electron chi connectivity index (χ4n) is 3.26. The van der Waals surface area contributed by atoms with E-state index in [0.29, 0.717) is 6.54 Å². The molecule has 0 bridgehead atoms. The van der Waals surface area contributed by atoms with E-state index < -0.39 is 0 Å². The average Bonchev–Trinajstić information content (AvgIpc) is 3.31. The highest BCUT2D eigenvalue weighted by molar-refractivity contribution is 5.85. The molecule has 132 valence electrons. The van der Waals surface area contributed by atoms with E-state index in [1.165, 1.54) is 22.0 Å². The number of rotatable bonds is 7. The molecule has 0 aliphatic rings. The van der Waals surface area contributed by atoms with Crippen molar-refractivity contribution in [1.82, 2.24) is 9.88 Å². The highest BCUT2D eigenvalue weighted by atomic mass is 16.5. The van der Waals surface area contributed by atoms with Gasteiger partial charge in [-0.15, -0.1) is 0 Å². The van der Waals surface area contributed by atoms with Crippen LogP contribution in [0.15, 0.2) is 77.5 Å². The molecule has 0 spiro atoms. The van der Waals surface area contributed by atoms with Crippen LogP contribution in [0, 0.1) is 0 Å². The van der Waals surface area contributed by atoms with E-state index >= 15 is 0 Å². The second kappa shape index (κ2) is 7.50. The van der Waals surface area contributed by atoms with E-state index in [2.05, 4.69) is 52.5 Å². The Morgan fingerprint density at radius 3 is 2.65 bits per heavy atom. The number of aromatic nitrogens is 1. The summed E-state index contributed by atoms with van der Waals surface area (Å²) in [7, 11) is 1.71. The number of hydrogen-bond donors (Lipinski definition) is 1. The van der Waals surface area contributed by atoms with Crippen LogP contribution in [0.4, 0.5) is 0 Å². The van der Waals surface area contributed by atoms with Gasteiger partial charge in [0, 0.05) is 30.2 Å².